The third-order valence-corrected chi connectivity index (χ3v) is 2.33. The Morgan fingerprint density at radius 3 is 2.88 bits per heavy atom. The number of aliphatic hydroxyl groups is 1. The van der Waals surface area contributed by atoms with Crippen molar-refractivity contribution in [1.82, 2.24) is 4.98 Å². The van der Waals surface area contributed by atoms with Crippen LogP contribution in [0, 0.1) is 12.7 Å². The number of halogens is 1. The molecule has 0 radical (unpaired) electrons. The second kappa shape index (κ2) is 4.93. The lowest BCUT2D eigenvalue weighted by Gasteiger charge is -2.09. The molecular weight excluding hydrogens is 221 g/mol. The molecule has 0 fully saturated rings. The highest BCUT2D eigenvalue weighted by atomic mass is 19.1. The molecule has 0 aliphatic carbocycles. The molecule has 0 unspecified atom stereocenters. The summed E-state index contributed by atoms with van der Waals surface area (Å²) in [4.78, 5) is 3.94. The summed E-state index contributed by atoms with van der Waals surface area (Å²) < 4.78 is 18.6. The molecule has 1 heterocycles. The number of ether oxygens (including phenoxy) is 1. The van der Waals surface area contributed by atoms with Crippen molar-refractivity contribution in [3.8, 4) is 11.5 Å². The van der Waals surface area contributed by atoms with Gasteiger partial charge in [0.05, 0.1) is 12.3 Å². The molecule has 1 aromatic heterocycles. The number of rotatable bonds is 3. The van der Waals surface area contributed by atoms with E-state index < -0.39 is 0 Å². The third-order valence-electron chi connectivity index (χ3n) is 2.33. The summed E-state index contributed by atoms with van der Waals surface area (Å²) in [6.45, 7) is 1.68. The minimum absolute atomic E-state index is 0.153. The zero-order chi connectivity index (χ0) is 12.3. The highest BCUT2D eigenvalue weighted by Crippen LogP contribution is 2.25. The summed E-state index contributed by atoms with van der Waals surface area (Å²) in [6.07, 6.45) is 1.54. The van der Waals surface area contributed by atoms with Crippen molar-refractivity contribution in [1.29, 1.82) is 0 Å². The van der Waals surface area contributed by atoms with E-state index in [2.05, 4.69) is 4.98 Å². The van der Waals surface area contributed by atoms with Crippen LogP contribution in [-0.2, 0) is 6.61 Å². The van der Waals surface area contributed by atoms with E-state index in [-0.39, 0.29) is 12.4 Å². The quantitative estimate of drug-likeness (QED) is 0.886. The van der Waals surface area contributed by atoms with Crippen molar-refractivity contribution < 1.29 is 14.2 Å². The van der Waals surface area contributed by atoms with E-state index in [1.807, 2.05) is 6.92 Å². The average molecular weight is 233 g/mol. The third kappa shape index (κ3) is 2.79. The molecule has 2 rings (SSSR count). The molecule has 0 atom stereocenters. The first-order valence-electron chi connectivity index (χ1n) is 5.19. The molecule has 3 nitrogen and oxygen atoms in total. The molecule has 0 saturated heterocycles. The van der Waals surface area contributed by atoms with Gasteiger partial charge in [-0.3, -0.25) is 4.98 Å². The van der Waals surface area contributed by atoms with E-state index >= 15 is 0 Å². The van der Waals surface area contributed by atoms with Crippen LogP contribution in [-0.4, -0.2) is 10.1 Å². The minimum atomic E-state index is -0.345. The van der Waals surface area contributed by atoms with Crippen molar-refractivity contribution >= 4 is 0 Å². The second-order valence-electron chi connectivity index (χ2n) is 3.65. The van der Waals surface area contributed by atoms with Gasteiger partial charge in [0.1, 0.15) is 17.3 Å². The van der Waals surface area contributed by atoms with Crippen molar-refractivity contribution in [2.75, 3.05) is 0 Å². The van der Waals surface area contributed by atoms with Gasteiger partial charge in [0.15, 0.2) is 0 Å². The van der Waals surface area contributed by atoms with E-state index in [4.69, 9.17) is 9.84 Å². The largest absolute Gasteiger partial charge is 0.457 e. The smallest absolute Gasteiger partial charge is 0.133 e. The molecule has 88 valence electrons. The zero-order valence-corrected chi connectivity index (χ0v) is 9.35. The minimum Gasteiger partial charge on any atom is -0.457 e. The van der Waals surface area contributed by atoms with Crippen molar-refractivity contribution in [3.63, 3.8) is 0 Å². The first-order chi connectivity index (χ1) is 8.19. The molecule has 0 amide bonds. The van der Waals surface area contributed by atoms with Gasteiger partial charge in [-0.25, -0.2) is 4.39 Å². The van der Waals surface area contributed by atoms with Gasteiger partial charge in [0, 0.05) is 18.3 Å². The fraction of sp³-hybridized carbons (Fsp3) is 0.154. The molecule has 4 heteroatoms. The second-order valence-corrected chi connectivity index (χ2v) is 3.65. The number of aromatic nitrogens is 1. The number of hydrogen-bond donors (Lipinski definition) is 1. The van der Waals surface area contributed by atoms with Gasteiger partial charge in [-0.2, -0.15) is 0 Å². The van der Waals surface area contributed by atoms with Crippen molar-refractivity contribution in [2.45, 2.75) is 13.5 Å². The van der Waals surface area contributed by atoms with Crippen LogP contribution in [0.4, 0.5) is 4.39 Å². The molecule has 1 N–H and O–H groups in total. The average Bonchev–Trinajstić information content (AvgIpc) is 2.34. The van der Waals surface area contributed by atoms with Crippen LogP contribution in [0.5, 0.6) is 11.5 Å². The van der Waals surface area contributed by atoms with Gasteiger partial charge in [0.25, 0.3) is 0 Å². The van der Waals surface area contributed by atoms with Gasteiger partial charge in [-0.05, 0) is 24.6 Å². The molecule has 0 spiro atoms. The Kier molecular flexibility index (Phi) is 3.35. The van der Waals surface area contributed by atoms with Gasteiger partial charge >= 0.3 is 0 Å². The van der Waals surface area contributed by atoms with Crippen LogP contribution in [0.15, 0.2) is 36.5 Å². The number of hydrogen-bond acceptors (Lipinski definition) is 3. The monoisotopic (exact) mass is 233 g/mol. The topological polar surface area (TPSA) is 42.4 Å². The van der Waals surface area contributed by atoms with Crippen LogP contribution < -0.4 is 4.74 Å². The van der Waals surface area contributed by atoms with Gasteiger partial charge in [-0.15, -0.1) is 0 Å². The summed E-state index contributed by atoms with van der Waals surface area (Å²) in [6, 6.07) is 7.63. The van der Waals surface area contributed by atoms with Crippen LogP contribution in [0.1, 0.15) is 11.3 Å². The van der Waals surface area contributed by atoms with E-state index in [9.17, 15) is 4.39 Å². The lowest BCUT2D eigenvalue weighted by atomic mass is 10.2. The van der Waals surface area contributed by atoms with Gasteiger partial charge < -0.3 is 9.84 Å². The predicted octanol–water partition coefficient (Wildman–Crippen LogP) is 2.81. The first kappa shape index (κ1) is 11.5. The molecule has 0 bridgehead atoms. The van der Waals surface area contributed by atoms with Crippen LogP contribution in [0.3, 0.4) is 0 Å². The van der Waals surface area contributed by atoms with Gasteiger partial charge in [0.2, 0.25) is 0 Å². The maximum absolute atomic E-state index is 13.1. The normalized spacial score (nSPS) is 10.3. The summed E-state index contributed by atoms with van der Waals surface area (Å²) in [5.74, 6) is 0.639. The van der Waals surface area contributed by atoms with Crippen LogP contribution >= 0.6 is 0 Å². The summed E-state index contributed by atoms with van der Waals surface area (Å²) in [5.41, 5.74) is 1.35. The summed E-state index contributed by atoms with van der Waals surface area (Å²) in [7, 11) is 0. The molecule has 1 aromatic carbocycles. The maximum Gasteiger partial charge on any atom is 0.133 e. The lowest BCUT2D eigenvalue weighted by Crippen LogP contribution is -1.92. The highest BCUT2D eigenvalue weighted by Gasteiger charge is 2.04. The Morgan fingerprint density at radius 2 is 2.12 bits per heavy atom. The molecule has 17 heavy (non-hydrogen) atoms. The predicted molar refractivity (Wildman–Crippen MR) is 61.4 cm³/mol. The molecule has 0 aliphatic rings. The van der Waals surface area contributed by atoms with E-state index in [0.29, 0.717) is 17.2 Å². The Bertz CT molecular complexity index is 529. The number of pyridine rings is 1. The molecule has 0 aliphatic heterocycles. The molecular formula is C13H12FNO2. The fourth-order valence-corrected chi connectivity index (χ4v) is 1.42. The standard InChI is InChI=1S/C13H12FNO2/c1-9-2-3-10(14)6-13(9)17-12-4-5-15-11(7-12)8-16/h2-7,16H,8H2,1H3. The van der Waals surface area contributed by atoms with Crippen molar-refractivity contribution in [2.24, 2.45) is 0 Å². The zero-order valence-electron chi connectivity index (χ0n) is 9.35. The summed E-state index contributed by atoms with van der Waals surface area (Å²) >= 11 is 0. The first-order valence-corrected chi connectivity index (χ1v) is 5.19. The number of aliphatic hydroxyl groups excluding tert-OH is 1. The molecule has 2 aromatic rings. The SMILES string of the molecule is Cc1ccc(F)cc1Oc1ccnc(CO)c1. The Labute approximate surface area is 98.5 Å². The maximum atomic E-state index is 13.1. The van der Waals surface area contributed by atoms with Gasteiger partial charge in [-0.1, -0.05) is 6.07 Å². The summed E-state index contributed by atoms with van der Waals surface area (Å²) in [5, 5.41) is 8.95. The lowest BCUT2D eigenvalue weighted by molar-refractivity contribution is 0.276. The van der Waals surface area contributed by atoms with E-state index in [0.717, 1.165) is 5.56 Å². The Balaban J connectivity index is 2.27. The fourth-order valence-electron chi connectivity index (χ4n) is 1.42. The number of aryl methyl sites for hydroxylation is 1. The highest BCUT2D eigenvalue weighted by molar-refractivity contribution is 5.37. The van der Waals surface area contributed by atoms with Crippen LogP contribution in [0.2, 0.25) is 0 Å². The Hall–Kier alpha value is -1.94. The van der Waals surface area contributed by atoms with Crippen LogP contribution in [0.25, 0.3) is 0 Å². The van der Waals surface area contributed by atoms with E-state index in [1.165, 1.54) is 18.3 Å². The molecule has 0 saturated carbocycles. The van der Waals surface area contributed by atoms with E-state index in [1.54, 1.807) is 18.2 Å². The number of nitrogens with zero attached hydrogens (tertiary/aromatic N) is 1. The Morgan fingerprint density at radius 1 is 1.29 bits per heavy atom. The van der Waals surface area contributed by atoms with Crippen molar-refractivity contribution in [3.05, 3.63) is 53.6 Å². The number of benzene rings is 1.